The topological polar surface area (TPSA) is 137 Å². The van der Waals surface area contributed by atoms with Gasteiger partial charge >= 0.3 is 0 Å². The summed E-state index contributed by atoms with van der Waals surface area (Å²) in [4.78, 5) is 12.4. The van der Waals surface area contributed by atoms with Gasteiger partial charge in [-0.2, -0.15) is 9.78 Å². The van der Waals surface area contributed by atoms with Crippen LogP contribution in [0.4, 0.5) is 5.82 Å². The third-order valence-electron chi connectivity index (χ3n) is 3.10. The predicted octanol–water partition coefficient (Wildman–Crippen LogP) is 1.61. The van der Waals surface area contributed by atoms with Crippen molar-refractivity contribution >= 4 is 41.1 Å². The third-order valence-corrected chi connectivity index (χ3v) is 3.93. The fourth-order valence-electron chi connectivity index (χ4n) is 1.94. The van der Waals surface area contributed by atoms with E-state index in [1.807, 2.05) is 0 Å². The molecule has 12 heteroatoms. The highest BCUT2D eigenvalue weighted by Gasteiger charge is 2.22. The number of hydrogen-bond donors (Lipinski definition) is 2. The molecular formula is C13H10Cl2N8O2. The first-order chi connectivity index (χ1) is 12.0. The van der Waals surface area contributed by atoms with Crippen LogP contribution in [-0.2, 0) is 0 Å². The maximum absolute atomic E-state index is 12.4. The summed E-state index contributed by atoms with van der Waals surface area (Å²) >= 11 is 12.0. The number of anilines is 1. The summed E-state index contributed by atoms with van der Waals surface area (Å²) in [6, 6.07) is 5.05. The molecule has 0 spiro atoms. The Morgan fingerprint density at radius 2 is 2.20 bits per heavy atom. The smallest absolute Gasteiger partial charge is 0.292 e. The van der Waals surface area contributed by atoms with Crippen molar-refractivity contribution in [1.82, 2.24) is 30.7 Å². The Hall–Kier alpha value is -2.98. The largest absolute Gasteiger partial charge is 0.378 e. The molecule has 0 atom stereocenters. The molecule has 0 saturated carbocycles. The summed E-state index contributed by atoms with van der Waals surface area (Å²) < 4.78 is 5.61. The lowest BCUT2D eigenvalue weighted by Crippen LogP contribution is -2.22. The molecule has 10 nitrogen and oxygen atoms in total. The van der Waals surface area contributed by atoms with E-state index in [0.717, 1.165) is 4.68 Å². The van der Waals surface area contributed by atoms with Crippen LogP contribution in [0.3, 0.4) is 0 Å². The second kappa shape index (κ2) is 6.87. The van der Waals surface area contributed by atoms with E-state index in [0.29, 0.717) is 21.3 Å². The van der Waals surface area contributed by atoms with Crippen LogP contribution in [0.2, 0.25) is 10.0 Å². The quantitative estimate of drug-likeness (QED) is 0.517. The van der Waals surface area contributed by atoms with Crippen LogP contribution in [0, 0.1) is 6.92 Å². The minimum Gasteiger partial charge on any atom is -0.378 e. The lowest BCUT2D eigenvalue weighted by molar-refractivity contribution is 0.0946. The van der Waals surface area contributed by atoms with Crippen molar-refractivity contribution < 1.29 is 9.42 Å². The molecule has 2 aromatic heterocycles. The summed E-state index contributed by atoms with van der Waals surface area (Å²) in [5.74, 6) is -0.569. The van der Waals surface area contributed by atoms with Crippen molar-refractivity contribution in [1.29, 1.82) is 0 Å². The molecule has 1 amide bonds. The maximum atomic E-state index is 12.4. The molecule has 0 bridgehead atoms. The molecule has 0 radical (unpaired) electrons. The fraction of sp³-hybridized carbons (Fsp3) is 0.0769. The average Bonchev–Trinajstić information content (AvgIpc) is 3.16. The first-order valence-corrected chi connectivity index (χ1v) is 7.52. The number of hydrazone groups is 1. The van der Waals surface area contributed by atoms with Crippen LogP contribution in [0.15, 0.2) is 27.9 Å². The first-order valence-electron chi connectivity index (χ1n) is 6.77. The summed E-state index contributed by atoms with van der Waals surface area (Å²) in [6.07, 6.45) is 1.36. The van der Waals surface area contributed by atoms with Crippen molar-refractivity contribution in [3.8, 4) is 5.82 Å². The first kappa shape index (κ1) is 16.9. The number of carbonyl (C=O) groups excluding carboxylic acids is 1. The average molecular weight is 381 g/mol. The molecule has 2 heterocycles. The number of nitrogens with zero attached hydrogens (tertiary/aromatic N) is 6. The minimum atomic E-state index is -0.584. The predicted molar refractivity (Wildman–Crippen MR) is 89.9 cm³/mol. The highest BCUT2D eigenvalue weighted by Crippen LogP contribution is 2.24. The van der Waals surface area contributed by atoms with Gasteiger partial charge in [0, 0.05) is 5.56 Å². The highest BCUT2D eigenvalue weighted by molar-refractivity contribution is 6.43. The number of nitrogens with one attached hydrogen (secondary N) is 1. The van der Waals surface area contributed by atoms with Gasteiger partial charge in [0.1, 0.15) is 0 Å². The molecule has 25 heavy (non-hydrogen) atoms. The number of aryl methyl sites for hydroxylation is 1. The highest BCUT2D eigenvalue weighted by atomic mass is 35.5. The molecule has 3 N–H and O–H groups in total. The van der Waals surface area contributed by atoms with Gasteiger partial charge in [-0.25, -0.2) is 10.1 Å². The molecular weight excluding hydrogens is 371 g/mol. The number of amides is 1. The zero-order valence-electron chi connectivity index (χ0n) is 12.6. The van der Waals surface area contributed by atoms with Gasteiger partial charge in [-0.1, -0.05) is 40.5 Å². The number of nitrogens with two attached hydrogens (primary N) is 1. The van der Waals surface area contributed by atoms with Gasteiger partial charge < -0.3 is 5.73 Å². The minimum absolute atomic E-state index is 0.0341. The van der Waals surface area contributed by atoms with Gasteiger partial charge in [0.25, 0.3) is 5.91 Å². The molecule has 3 aromatic rings. The Labute approximate surface area is 150 Å². The van der Waals surface area contributed by atoms with Gasteiger partial charge in [0.05, 0.1) is 22.0 Å². The van der Waals surface area contributed by atoms with Crippen molar-refractivity contribution in [2.45, 2.75) is 6.92 Å². The zero-order chi connectivity index (χ0) is 18.0. The van der Waals surface area contributed by atoms with E-state index < -0.39 is 5.91 Å². The summed E-state index contributed by atoms with van der Waals surface area (Å²) in [5, 5.41) is 19.2. The maximum Gasteiger partial charge on any atom is 0.292 e. The number of carbonyl (C=O) groups is 1. The number of benzene rings is 1. The van der Waals surface area contributed by atoms with Gasteiger partial charge in [-0.05, 0) is 23.3 Å². The molecule has 1 aromatic carbocycles. The van der Waals surface area contributed by atoms with Crippen molar-refractivity contribution in [2.75, 3.05) is 5.73 Å². The number of nitrogen functional groups attached to an aromatic ring is 1. The summed E-state index contributed by atoms with van der Waals surface area (Å²) in [7, 11) is 0. The zero-order valence-corrected chi connectivity index (χ0v) is 14.2. The Balaban J connectivity index is 1.83. The number of aromatic nitrogens is 5. The van der Waals surface area contributed by atoms with E-state index >= 15 is 0 Å². The second-order valence-electron chi connectivity index (χ2n) is 4.75. The molecule has 0 aliphatic heterocycles. The van der Waals surface area contributed by atoms with Crippen LogP contribution in [0.1, 0.15) is 21.7 Å². The van der Waals surface area contributed by atoms with Crippen LogP contribution in [0.5, 0.6) is 0 Å². The Bertz CT molecular complexity index is 965. The number of halogens is 2. The normalized spacial score (nSPS) is 11.2. The van der Waals surface area contributed by atoms with Crippen molar-refractivity contribution in [3.63, 3.8) is 0 Å². The molecule has 0 aliphatic carbocycles. The van der Waals surface area contributed by atoms with Gasteiger partial charge in [-0.3, -0.25) is 4.79 Å². The van der Waals surface area contributed by atoms with Crippen molar-refractivity contribution in [3.05, 3.63) is 45.2 Å². The van der Waals surface area contributed by atoms with E-state index in [9.17, 15) is 4.79 Å². The van der Waals surface area contributed by atoms with Gasteiger partial charge in [-0.15, -0.1) is 5.10 Å². The molecule has 0 aliphatic rings. The van der Waals surface area contributed by atoms with Crippen LogP contribution in [-0.4, -0.2) is 37.4 Å². The van der Waals surface area contributed by atoms with Crippen LogP contribution < -0.4 is 11.2 Å². The molecule has 0 unspecified atom stereocenters. The summed E-state index contributed by atoms with van der Waals surface area (Å²) in [5.41, 5.74) is 8.93. The lowest BCUT2D eigenvalue weighted by atomic mass is 10.2. The lowest BCUT2D eigenvalue weighted by Gasteiger charge is -2.03. The number of rotatable bonds is 4. The van der Waals surface area contributed by atoms with E-state index in [1.165, 1.54) is 6.21 Å². The Kier molecular flexibility index (Phi) is 4.63. The SMILES string of the molecule is Cc1nnn(-c2nonc2N)c1C(=O)N/N=C/c1cccc(Cl)c1Cl. The molecule has 3 rings (SSSR count). The van der Waals surface area contributed by atoms with E-state index in [1.54, 1.807) is 25.1 Å². The molecule has 0 fully saturated rings. The monoisotopic (exact) mass is 380 g/mol. The summed E-state index contributed by atoms with van der Waals surface area (Å²) in [6.45, 7) is 1.60. The van der Waals surface area contributed by atoms with E-state index in [2.05, 4.69) is 35.8 Å². The van der Waals surface area contributed by atoms with E-state index in [-0.39, 0.29) is 17.3 Å². The molecule has 0 saturated heterocycles. The third kappa shape index (κ3) is 3.30. The van der Waals surface area contributed by atoms with Gasteiger partial charge in [0.15, 0.2) is 5.69 Å². The Morgan fingerprint density at radius 3 is 2.92 bits per heavy atom. The fourth-order valence-corrected chi connectivity index (χ4v) is 2.29. The molecule has 128 valence electrons. The Morgan fingerprint density at radius 1 is 1.40 bits per heavy atom. The van der Waals surface area contributed by atoms with Crippen molar-refractivity contribution in [2.24, 2.45) is 5.10 Å². The second-order valence-corrected chi connectivity index (χ2v) is 5.54. The van der Waals surface area contributed by atoms with Gasteiger partial charge in [0.2, 0.25) is 11.6 Å². The number of hydrogen-bond acceptors (Lipinski definition) is 8. The standard InChI is InChI=1S/C13H10Cl2N8O2/c1-6-10(23(22-18-6)12-11(16)20-25-21-12)13(24)19-17-5-7-3-2-4-8(14)9(7)15/h2-5H,1H3,(H2,16,20)(H,19,24)/b17-5+. The van der Waals surface area contributed by atoms with E-state index in [4.69, 9.17) is 28.9 Å². The van der Waals surface area contributed by atoms with Crippen LogP contribution in [0.25, 0.3) is 5.82 Å². The van der Waals surface area contributed by atoms with Crippen LogP contribution >= 0.6 is 23.2 Å².